The Morgan fingerprint density at radius 3 is 2.74 bits per heavy atom. The van der Waals surface area contributed by atoms with Gasteiger partial charge < -0.3 is 4.90 Å². The zero-order valence-electron chi connectivity index (χ0n) is 17.6. The molecule has 31 heavy (non-hydrogen) atoms. The molecule has 2 aromatic heterocycles. The number of anilines is 2. The van der Waals surface area contributed by atoms with Crippen LogP contribution in [0.25, 0.3) is 0 Å². The van der Waals surface area contributed by atoms with Crippen LogP contribution in [0.15, 0.2) is 47.6 Å². The molecule has 0 saturated heterocycles. The maximum atomic E-state index is 6.21. The molecule has 0 bridgehead atoms. The van der Waals surface area contributed by atoms with Gasteiger partial charge in [0.05, 0.1) is 28.2 Å². The average molecular weight is 430 g/mol. The van der Waals surface area contributed by atoms with Crippen molar-refractivity contribution in [2.75, 3.05) is 11.4 Å². The zero-order valence-corrected chi connectivity index (χ0v) is 18.4. The SMILES string of the molecule is Cc1nccc(N2CCCc3nc(C4(C5=Nc6cc(Cl)ccc6C5)CCC4)ccc32)n1. The van der Waals surface area contributed by atoms with E-state index in [9.17, 15) is 0 Å². The summed E-state index contributed by atoms with van der Waals surface area (Å²) >= 11 is 6.21. The van der Waals surface area contributed by atoms with Crippen LogP contribution in [0.2, 0.25) is 5.02 Å². The molecule has 6 heteroatoms. The van der Waals surface area contributed by atoms with Gasteiger partial charge in [-0.15, -0.1) is 0 Å². The van der Waals surface area contributed by atoms with E-state index in [1.54, 1.807) is 0 Å². The second-order valence-corrected chi connectivity index (χ2v) is 9.26. The molecule has 156 valence electrons. The fourth-order valence-electron chi connectivity index (χ4n) is 5.20. The van der Waals surface area contributed by atoms with Gasteiger partial charge in [-0.1, -0.05) is 24.1 Å². The van der Waals surface area contributed by atoms with Crippen molar-refractivity contribution in [1.82, 2.24) is 15.0 Å². The van der Waals surface area contributed by atoms with Crippen LogP contribution in [0.4, 0.5) is 17.2 Å². The molecule has 5 nitrogen and oxygen atoms in total. The number of benzene rings is 1. The number of aliphatic imine (C=N–C) groups is 1. The number of nitrogens with zero attached hydrogens (tertiary/aromatic N) is 5. The van der Waals surface area contributed by atoms with Crippen molar-refractivity contribution in [3.63, 3.8) is 0 Å². The van der Waals surface area contributed by atoms with Gasteiger partial charge in [0, 0.05) is 29.9 Å². The van der Waals surface area contributed by atoms with E-state index in [2.05, 4.69) is 33.1 Å². The number of pyridine rings is 1. The highest BCUT2D eigenvalue weighted by Crippen LogP contribution is 2.49. The van der Waals surface area contributed by atoms with E-state index in [0.29, 0.717) is 0 Å². The largest absolute Gasteiger partial charge is 0.325 e. The smallest absolute Gasteiger partial charge is 0.136 e. The highest BCUT2D eigenvalue weighted by Gasteiger charge is 2.46. The van der Waals surface area contributed by atoms with Crippen molar-refractivity contribution in [3.05, 3.63) is 70.4 Å². The van der Waals surface area contributed by atoms with Crippen LogP contribution in [-0.4, -0.2) is 27.2 Å². The van der Waals surface area contributed by atoms with E-state index in [4.69, 9.17) is 21.6 Å². The lowest BCUT2D eigenvalue weighted by Gasteiger charge is -2.42. The van der Waals surface area contributed by atoms with Gasteiger partial charge in [0.15, 0.2) is 0 Å². The maximum absolute atomic E-state index is 6.21. The summed E-state index contributed by atoms with van der Waals surface area (Å²) < 4.78 is 0. The lowest BCUT2D eigenvalue weighted by molar-refractivity contribution is 0.329. The summed E-state index contributed by atoms with van der Waals surface area (Å²) in [5, 5.41) is 0.748. The number of rotatable bonds is 3. The molecule has 3 aliphatic rings. The molecule has 1 fully saturated rings. The van der Waals surface area contributed by atoms with E-state index in [0.717, 1.165) is 61.0 Å². The Morgan fingerprint density at radius 1 is 1.03 bits per heavy atom. The maximum Gasteiger partial charge on any atom is 0.136 e. The van der Waals surface area contributed by atoms with Gasteiger partial charge in [0.2, 0.25) is 0 Å². The van der Waals surface area contributed by atoms with Crippen LogP contribution >= 0.6 is 11.6 Å². The normalized spacial score (nSPS) is 18.8. The van der Waals surface area contributed by atoms with E-state index in [1.165, 1.54) is 34.8 Å². The number of aromatic nitrogens is 3. The summed E-state index contributed by atoms with van der Waals surface area (Å²) in [4.78, 5) is 21.4. The second kappa shape index (κ2) is 7.13. The molecule has 0 unspecified atom stereocenters. The first-order valence-corrected chi connectivity index (χ1v) is 11.4. The summed E-state index contributed by atoms with van der Waals surface area (Å²) in [6.07, 6.45) is 8.27. The van der Waals surface area contributed by atoms with E-state index in [1.807, 2.05) is 31.3 Å². The third-order valence-electron chi connectivity index (χ3n) is 6.98. The topological polar surface area (TPSA) is 54.3 Å². The van der Waals surface area contributed by atoms with E-state index < -0.39 is 0 Å². The van der Waals surface area contributed by atoms with Crippen LogP contribution in [0.1, 0.15) is 48.5 Å². The molecule has 0 spiro atoms. The van der Waals surface area contributed by atoms with Crippen LogP contribution < -0.4 is 4.90 Å². The summed E-state index contributed by atoms with van der Waals surface area (Å²) in [6.45, 7) is 2.89. The summed E-state index contributed by atoms with van der Waals surface area (Å²) in [5.41, 5.74) is 7.04. The average Bonchev–Trinajstić information content (AvgIpc) is 3.15. The molecule has 1 saturated carbocycles. The van der Waals surface area contributed by atoms with Crippen molar-refractivity contribution in [3.8, 4) is 0 Å². The number of fused-ring (bicyclic) bond motifs is 2. The van der Waals surface area contributed by atoms with Gasteiger partial charge in [-0.25, -0.2) is 9.97 Å². The standard InChI is InChI=1S/C25H24ClN5/c1-16-27-12-9-24(28-16)31-13-2-4-19-21(31)7-8-22(29-19)25(10-3-11-25)23-14-17-5-6-18(26)15-20(17)30-23/h5-9,12,15H,2-4,10-11,13-14H2,1H3. The first-order valence-electron chi connectivity index (χ1n) is 11.1. The van der Waals surface area contributed by atoms with Gasteiger partial charge in [0.25, 0.3) is 0 Å². The molecule has 4 heterocycles. The highest BCUT2D eigenvalue weighted by atomic mass is 35.5. The van der Waals surface area contributed by atoms with Crippen LogP contribution in [0.3, 0.4) is 0 Å². The van der Waals surface area contributed by atoms with Gasteiger partial charge in [-0.3, -0.25) is 9.98 Å². The molecule has 3 aromatic rings. The minimum absolute atomic E-state index is 0.0334. The van der Waals surface area contributed by atoms with Crippen molar-refractivity contribution in [1.29, 1.82) is 0 Å². The first kappa shape index (κ1) is 18.9. The fraction of sp³-hybridized carbons (Fsp3) is 0.360. The molecule has 0 N–H and O–H groups in total. The Balaban J connectivity index is 1.37. The Kier molecular flexibility index (Phi) is 4.35. The Hall–Kier alpha value is -2.79. The predicted octanol–water partition coefficient (Wildman–Crippen LogP) is 5.67. The Morgan fingerprint density at radius 2 is 1.94 bits per heavy atom. The van der Waals surface area contributed by atoms with Crippen LogP contribution in [0.5, 0.6) is 0 Å². The monoisotopic (exact) mass is 429 g/mol. The minimum atomic E-state index is -0.0334. The van der Waals surface area contributed by atoms with Crippen molar-refractivity contribution in [2.24, 2.45) is 4.99 Å². The predicted molar refractivity (Wildman–Crippen MR) is 124 cm³/mol. The minimum Gasteiger partial charge on any atom is -0.325 e. The summed E-state index contributed by atoms with van der Waals surface area (Å²) in [7, 11) is 0. The summed E-state index contributed by atoms with van der Waals surface area (Å²) in [6, 6.07) is 12.5. The lowest BCUT2D eigenvalue weighted by atomic mass is 9.62. The number of hydrogen-bond acceptors (Lipinski definition) is 5. The number of halogens is 1. The van der Waals surface area contributed by atoms with Crippen LogP contribution in [0, 0.1) is 6.92 Å². The Labute approximate surface area is 187 Å². The molecule has 1 aromatic carbocycles. The molecule has 1 aliphatic carbocycles. The molecule has 0 amide bonds. The second-order valence-electron chi connectivity index (χ2n) is 8.82. The third kappa shape index (κ3) is 3.06. The molecule has 2 aliphatic heterocycles. The van der Waals surface area contributed by atoms with Crippen molar-refractivity contribution < 1.29 is 0 Å². The third-order valence-corrected chi connectivity index (χ3v) is 7.22. The van der Waals surface area contributed by atoms with Gasteiger partial charge in [-0.2, -0.15) is 0 Å². The fourth-order valence-corrected chi connectivity index (χ4v) is 5.37. The van der Waals surface area contributed by atoms with Crippen molar-refractivity contribution >= 4 is 34.5 Å². The van der Waals surface area contributed by atoms with Gasteiger partial charge in [-0.05, 0) is 68.5 Å². The quantitative estimate of drug-likeness (QED) is 0.538. The summed E-state index contributed by atoms with van der Waals surface area (Å²) in [5.74, 6) is 1.75. The molecule has 6 rings (SSSR count). The zero-order chi connectivity index (χ0) is 21.0. The number of hydrogen-bond donors (Lipinski definition) is 0. The van der Waals surface area contributed by atoms with E-state index >= 15 is 0 Å². The lowest BCUT2D eigenvalue weighted by Crippen LogP contribution is -2.43. The Bertz CT molecular complexity index is 1210. The molecular weight excluding hydrogens is 406 g/mol. The molecular formula is C25H24ClN5. The van der Waals surface area contributed by atoms with Crippen molar-refractivity contribution in [2.45, 2.75) is 50.9 Å². The molecule has 0 radical (unpaired) electrons. The first-order chi connectivity index (χ1) is 15.1. The highest BCUT2D eigenvalue weighted by molar-refractivity contribution is 6.31. The van der Waals surface area contributed by atoms with Gasteiger partial charge in [0.1, 0.15) is 11.6 Å². The van der Waals surface area contributed by atoms with Crippen LogP contribution in [-0.2, 0) is 18.3 Å². The van der Waals surface area contributed by atoms with Gasteiger partial charge >= 0.3 is 0 Å². The number of aryl methyl sites for hydroxylation is 2. The van der Waals surface area contributed by atoms with E-state index in [-0.39, 0.29) is 5.41 Å². The molecule has 0 atom stereocenters.